The van der Waals surface area contributed by atoms with E-state index in [0.29, 0.717) is 39.1 Å². The van der Waals surface area contributed by atoms with Crippen LogP contribution in [-0.2, 0) is 6.42 Å². The van der Waals surface area contributed by atoms with Crippen molar-refractivity contribution in [1.29, 1.82) is 0 Å². The molecule has 1 aliphatic rings. The Balaban J connectivity index is 1.89. The van der Waals surface area contributed by atoms with Crippen LogP contribution < -0.4 is 5.32 Å². The maximum atomic E-state index is 12.7. The summed E-state index contributed by atoms with van der Waals surface area (Å²) >= 11 is 0. The molecule has 0 spiro atoms. The summed E-state index contributed by atoms with van der Waals surface area (Å²) in [5, 5.41) is 3.25. The molecule has 0 bridgehead atoms. The van der Waals surface area contributed by atoms with E-state index in [9.17, 15) is 13.2 Å². The number of rotatable bonds is 9. The summed E-state index contributed by atoms with van der Waals surface area (Å²) in [6.07, 6.45) is 0.817. The SMILES string of the molecule is C=CCNC(=NCCc1ccco1)N1CCC(CN(CC)CC(F)(F)F)C1. The number of likely N-dealkylation sites (tertiary alicyclic amines) is 1. The molecule has 5 nitrogen and oxygen atoms in total. The third kappa shape index (κ3) is 7.66. The van der Waals surface area contributed by atoms with Crippen LogP contribution in [-0.4, -0.2) is 67.7 Å². The van der Waals surface area contributed by atoms with Crippen LogP contribution in [0.5, 0.6) is 0 Å². The molecule has 1 N–H and O–H groups in total. The highest BCUT2D eigenvalue weighted by atomic mass is 19.4. The van der Waals surface area contributed by atoms with Crippen LogP contribution in [0.25, 0.3) is 0 Å². The van der Waals surface area contributed by atoms with E-state index < -0.39 is 12.7 Å². The van der Waals surface area contributed by atoms with E-state index in [4.69, 9.17) is 4.42 Å². The molecule has 0 amide bonds. The van der Waals surface area contributed by atoms with E-state index in [2.05, 4.69) is 21.8 Å². The van der Waals surface area contributed by atoms with E-state index in [1.807, 2.05) is 12.1 Å². The first-order chi connectivity index (χ1) is 12.9. The minimum atomic E-state index is -4.15. The molecule has 1 aromatic rings. The summed E-state index contributed by atoms with van der Waals surface area (Å²) in [5.74, 6) is 1.86. The van der Waals surface area contributed by atoms with Gasteiger partial charge in [-0.3, -0.25) is 9.89 Å². The largest absolute Gasteiger partial charge is 0.469 e. The maximum Gasteiger partial charge on any atom is 0.401 e. The number of guanidine groups is 1. The number of furan rings is 1. The normalized spacial score (nSPS) is 18.3. The molecular weight excluding hydrogens is 357 g/mol. The van der Waals surface area contributed by atoms with Crippen LogP contribution in [0.15, 0.2) is 40.5 Å². The predicted molar refractivity (Wildman–Crippen MR) is 101 cm³/mol. The highest BCUT2D eigenvalue weighted by molar-refractivity contribution is 5.80. The van der Waals surface area contributed by atoms with Crippen LogP contribution in [0.2, 0.25) is 0 Å². The van der Waals surface area contributed by atoms with Crippen molar-refractivity contribution in [3.05, 3.63) is 36.8 Å². The second kappa shape index (κ2) is 10.4. The zero-order valence-corrected chi connectivity index (χ0v) is 15.8. The summed E-state index contributed by atoms with van der Waals surface area (Å²) in [6, 6.07) is 3.76. The van der Waals surface area contributed by atoms with Crippen molar-refractivity contribution in [3.63, 3.8) is 0 Å². The van der Waals surface area contributed by atoms with Gasteiger partial charge in [-0.1, -0.05) is 13.0 Å². The van der Waals surface area contributed by atoms with Crippen molar-refractivity contribution in [2.24, 2.45) is 10.9 Å². The summed E-state index contributed by atoms with van der Waals surface area (Å²) < 4.78 is 43.3. The van der Waals surface area contributed by atoms with Gasteiger partial charge in [-0.05, 0) is 31.0 Å². The Morgan fingerprint density at radius 1 is 1.52 bits per heavy atom. The highest BCUT2D eigenvalue weighted by Crippen LogP contribution is 2.21. The number of alkyl halides is 3. The molecule has 2 rings (SSSR count). The van der Waals surface area contributed by atoms with Crippen molar-refractivity contribution < 1.29 is 17.6 Å². The maximum absolute atomic E-state index is 12.7. The number of aliphatic imine (C=N–C) groups is 1. The Hall–Kier alpha value is -1.96. The van der Waals surface area contributed by atoms with Crippen LogP contribution in [0.4, 0.5) is 13.2 Å². The first-order valence-corrected chi connectivity index (χ1v) is 9.37. The van der Waals surface area contributed by atoms with Crippen molar-refractivity contribution in [2.75, 3.05) is 45.8 Å². The van der Waals surface area contributed by atoms with Gasteiger partial charge in [0.15, 0.2) is 5.96 Å². The van der Waals surface area contributed by atoms with Gasteiger partial charge in [-0.15, -0.1) is 6.58 Å². The molecule has 0 aromatic carbocycles. The molecule has 0 saturated carbocycles. The fraction of sp³-hybridized carbons (Fsp3) is 0.632. The van der Waals surface area contributed by atoms with Gasteiger partial charge in [0.05, 0.1) is 12.8 Å². The van der Waals surface area contributed by atoms with Crippen molar-refractivity contribution in [3.8, 4) is 0 Å². The summed E-state index contributed by atoms with van der Waals surface area (Å²) in [4.78, 5) is 8.24. The number of halogens is 3. The van der Waals surface area contributed by atoms with Crippen LogP contribution in [0.1, 0.15) is 19.1 Å². The van der Waals surface area contributed by atoms with Crippen molar-refractivity contribution in [1.82, 2.24) is 15.1 Å². The van der Waals surface area contributed by atoms with Gasteiger partial charge in [-0.2, -0.15) is 13.2 Å². The van der Waals surface area contributed by atoms with Crippen molar-refractivity contribution >= 4 is 5.96 Å². The molecule has 0 radical (unpaired) electrons. The molecule has 1 atom stereocenters. The lowest BCUT2D eigenvalue weighted by atomic mass is 10.1. The van der Waals surface area contributed by atoms with Gasteiger partial charge >= 0.3 is 6.18 Å². The standard InChI is InChI=1S/C19H29F3N4O/c1-3-9-23-18(24-10-7-17-6-5-12-27-17)26-11-8-16(14-26)13-25(4-2)15-19(20,21)22/h3,5-6,12,16H,1,4,7-11,13-15H2,2H3,(H,23,24). The lowest BCUT2D eigenvalue weighted by Crippen LogP contribution is -2.42. The van der Waals surface area contributed by atoms with Crippen molar-refractivity contribution in [2.45, 2.75) is 25.9 Å². The van der Waals surface area contributed by atoms with E-state index >= 15 is 0 Å². The molecule has 0 aliphatic carbocycles. The first kappa shape index (κ1) is 21.3. The van der Waals surface area contributed by atoms with Gasteiger partial charge in [0.1, 0.15) is 5.76 Å². The monoisotopic (exact) mass is 386 g/mol. The Kier molecular flexibility index (Phi) is 8.22. The zero-order valence-electron chi connectivity index (χ0n) is 15.8. The topological polar surface area (TPSA) is 44.0 Å². The average molecular weight is 386 g/mol. The fourth-order valence-electron chi connectivity index (χ4n) is 3.26. The molecular formula is C19H29F3N4O. The number of nitrogens with one attached hydrogen (secondary N) is 1. The minimum Gasteiger partial charge on any atom is -0.469 e. The lowest BCUT2D eigenvalue weighted by Gasteiger charge is -2.26. The molecule has 1 fully saturated rings. The van der Waals surface area contributed by atoms with Gasteiger partial charge in [0.2, 0.25) is 0 Å². The van der Waals surface area contributed by atoms with Gasteiger partial charge in [-0.25, -0.2) is 0 Å². The summed E-state index contributed by atoms with van der Waals surface area (Å²) in [5.41, 5.74) is 0. The Morgan fingerprint density at radius 3 is 2.96 bits per heavy atom. The predicted octanol–water partition coefficient (Wildman–Crippen LogP) is 3.16. The second-order valence-electron chi connectivity index (χ2n) is 6.75. The number of nitrogens with zero attached hydrogens (tertiary/aromatic N) is 3. The fourth-order valence-corrected chi connectivity index (χ4v) is 3.26. The molecule has 8 heteroatoms. The highest BCUT2D eigenvalue weighted by Gasteiger charge is 2.33. The number of hydrogen-bond acceptors (Lipinski definition) is 3. The van der Waals surface area contributed by atoms with E-state index in [-0.39, 0.29) is 5.92 Å². The summed E-state index contributed by atoms with van der Waals surface area (Å²) in [6.45, 7) is 8.16. The first-order valence-electron chi connectivity index (χ1n) is 9.37. The molecule has 27 heavy (non-hydrogen) atoms. The molecule has 1 unspecified atom stereocenters. The Morgan fingerprint density at radius 2 is 2.33 bits per heavy atom. The minimum absolute atomic E-state index is 0.202. The van der Waals surface area contributed by atoms with E-state index in [0.717, 1.165) is 24.7 Å². The van der Waals surface area contributed by atoms with Crippen LogP contribution >= 0.6 is 0 Å². The molecule has 2 heterocycles. The zero-order chi connectivity index (χ0) is 19.7. The van der Waals surface area contributed by atoms with E-state index in [1.54, 1.807) is 19.3 Å². The average Bonchev–Trinajstić information content (AvgIpc) is 3.28. The van der Waals surface area contributed by atoms with Gasteiger partial charge in [0, 0.05) is 39.1 Å². The quantitative estimate of drug-likeness (QED) is 0.402. The Bertz CT molecular complexity index is 586. The molecule has 1 aromatic heterocycles. The summed E-state index contributed by atoms with van der Waals surface area (Å²) in [7, 11) is 0. The lowest BCUT2D eigenvalue weighted by molar-refractivity contribution is -0.146. The van der Waals surface area contributed by atoms with E-state index in [1.165, 1.54) is 4.90 Å². The molecule has 1 aliphatic heterocycles. The molecule has 1 saturated heterocycles. The third-order valence-electron chi connectivity index (χ3n) is 4.56. The third-order valence-corrected chi connectivity index (χ3v) is 4.56. The smallest absolute Gasteiger partial charge is 0.401 e. The number of hydrogen-bond donors (Lipinski definition) is 1. The van der Waals surface area contributed by atoms with Crippen LogP contribution in [0.3, 0.4) is 0 Å². The van der Waals surface area contributed by atoms with Crippen LogP contribution in [0, 0.1) is 5.92 Å². The Labute approximate surface area is 158 Å². The van der Waals surface area contributed by atoms with Gasteiger partial charge in [0.25, 0.3) is 0 Å². The molecule has 152 valence electrons. The van der Waals surface area contributed by atoms with Gasteiger partial charge < -0.3 is 14.6 Å². The second-order valence-corrected chi connectivity index (χ2v) is 6.75.